The Hall–Kier alpha value is -1.40. The SMILES string of the molecule is O=C(CNC(=O)c1ccccc1Br)NC1CC(O)C1. The van der Waals surface area contributed by atoms with Crippen molar-refractivity contribution in [3.63, 3.8) is 0 Å². The van der Waals surface area contributed by atoms with Crippen molar-refractivity contribution >= 4 is 27.7 Å². The number of aliphatic hydroxyl groups is 1. The van der Waals surface area contributed by atoms with E-state index in [4.69, 9.17) is 5.11 Å². The minimum absolute atomic E-state index is 0.0304. The molecule has 2 rings (SSSR count). The van der Waals surface area contributed by atoms with Gasteiger partial charge in [-0.1, -0.05) is 12.1 Å². The van der Waals surface area contributed by atoms with Crippen LogP contribution in [0.1, 0.15) is 23.2 Å². The monoisotopic (exact) mass is 326 g/mol. The summed E-state index contributed by atoms with van der Waals surface area (Å²) in [6, 6.07) is 7.05. The van der Waals surface area contributed by atoms with E-state index in [0.717, 1.165) is 0 Å². The van der Waals surface area contributed by atoms with Crippen LogP contribution >= 0.6 is 15.9 Å². The molecule has 3 N–H and O–H groups in total. The summed E-state index contributed by atoms with van der Waals surface area (Å²) in [5, 5.41) is 14.4. The van der Waals surface area contributed by atoms with E-state index in [1.54, 1.807) is 18.2 Å². The summed E-state index contributed by atoms with van der Waals surface area (Å²) in [6.45, 7) is -0.0627. The average Bonchev–Trinajstić information content (AvgIpc) is 2.35. The van der Waals surface area contributed by atoms with Crippen LogP contribution in [-0.4, -0.2) is 35.6 Å². The molecule has 1 aromatic carbocycles. The number of halogens is 1. The fourth-order valence-electron chi connectivity index (χ4n) is 1.89. The number of aliphatic hydroxyl groups excluding tert-OH is 1. The first-order valence-electron chi connectivity index (χ1n) is 6.06. The number of carbonyl (C=O) groups is 2. The van der Waals surface area contributed by atoms with Crippen LogP contribution in [0.3, 0.4) is 0 Å². The van der Waals surface area contributed by atoms with Gasteiger partial charge in [-0.25, -0.2) is 0 Å². The molecule has 6 heteroatoms. The van der Waals surface area contributed by atoms with Gasteiger partial charge in [-0.2, -0.15) is 0 Å². The molecule has 0 bridgehead atoms. The van der Waals surface area contributed by atoms with Gasteiger partial charge in [0.1, 0.15) is 0 Å². The molecule has 1 aromatic rings. The third-order valence-electron chi connectivity index (χ3n) is 3.01. The fourth-order valence-corrected chi connectivity index (χ4v) is 2.35. The first-order chi connectivity index (χ1) is 9.06. The lowest BCUT2D eigenvalue weighted by Crippen LogP contribution is -2.49. The number of hydrogen-bond acceptors (Lipinski definition) is 3. The highest BCUT2D eigenvalue weighted by Crippen LogP contribution is 2.19. The normalized spacial score (nSPS) is 21.4. The second kappa shape index (κ2) is 6.16. The minimum Gasteiger partial charge on any atom is -0.393 e. The molecule has 0 heterocycles. The molecule has 0 saturated heterocycles. The molecular formula is C13H15BrN2O3. The number of benzene rings is 1. The number of hydrogen-bond donors (Lipinski definition) is 3. The number of nitrogens with one attached hydrogen (secondary N) is 2. The molecule has 1 aliphatic carbocycles. The topological polar surface area (TPSA) is 78.4 Å². The summed E-state index contributed by atoms with van der Waals surface area (Å²) in [4.78, 5) is 23.4. The van der Waals surface area contributed by atoms with Gasteiger partial charge in [-0.15, -0.1) is 0 Å². The van der Waals surface area contributed by atoms with E-state index >= 15 is 0 Å². The molecule has 0 unspecified atom stereocenters. The third-order valence-corrected chi connectivity index (χ3v) is 3.70. The van der Waals surface area contributed by atoms with E-state index < -0.39 is 0 Å². The predicted molar refractivity (Wildman–Crippen MR) is 73.6 cm³/mol. The van der Waals surface area contributed by atoms with Crippen LogP contribution in [0.2, 0.25) is 0 Å². The quantitative estimate of drug-likeness (QED) is 0.766. The van der Waals surface area contributed by atoms with Gasteiger partial charge in [0, 0.05) is 10.5 Å². The van der Waals surface area contributed by atoms with Crippen LogP contribution < -0.4 is 10.6 Å². The highest BCUT2D eigenvalue weighted by molar-refractivity contribution is 9.10. The Balaban J connectivity index is 1.77. The number of carbonyl (C=O) groups excluding carboxylic acids is 2. The van der Waals surface area contributed by atoms with Crippen molar-refractivity contribution in [2.75, 3.05) is 6.54 Å². The fraction of sp³-hybridized carbons (Fsp3) is 0.385. The number of amides is 2. The summed E-state index contributed by atoms with van der Waals surface area (Å²) in [5.41, 5.74) is 0.495. The largest absolute Gasteiger partial charge is 0.393 e. The Morgan fingerprint density at radius 1 is 1.32 bits per heavy atom. The third kappa shape index (κ3) is 3.78. The van der Waals surface area contributed by atoms with E-state index in [-0.39, 0.29) is 30.5 Å². The standard InChI is InChI=1S/C13H15BrN2O3/c14-11-4-2-1-3-10(11)13(19)15-7-12(18)16-8-5-9(17)6-8/h1-4,8-9,17H,5-7H2,(H,15,19)(H,16,18). The maximum Gasteiger partial charge on any atom is 0.252 e. The number of rotatable bonds is 4. The summed E-state index contributed by atoms with van der Waals surface area (Å²) in [7, 11) is 0. The van der Waals surface area contributed by atoms with E-state index in [0.29, 0.717) is 22.9 Å². The summed E-state index contributed by atoms with van der Waals surface area (Å²) >= 11 is 3.28. The van der Waals surface area contributed by atoms with E-state index in [2.05, 4.69) is 26.6 Å². The minimum atomic E-state index is -0.305. The zero-order chi connectivity index (χ0) is 13.8. The molecular weight excluding hydrogens is 312 g/mol. The molecule has 0 aliphatic heterocycles. The van der Waals surface area contributed by atoms with Gasteiger partial charge < -0.3 is 15.7 Å². The molecule has 102 valence electrons. The van der Waals surface area contributed by atoms with Crippen LogP contribution in [0.15, 0.2) is 28.7 Å². The van der Waals surface area contributed by atoms with Gasteiger partial charge >= 0.3 is 0 Å². The Morgan fingerprint density at radius 3 is 2.63 bits per heavy atom. The van der Waals surface area contributed by atoms with Crippen molar-refractivity contribution in [2.24, 2.45) is 0 Å². The molecule has 0 aromatic heterocycles. The lowest BCUT2D eigenvalue weighted by molar-refractivity contribution is -0.122. The maximum absolute atomic E-state index is 11.8. The van der Waals surface area contributed by atoms with E-state index in [9.17, 15) is 9.59 Å². The molecule has 1 aliphatic rings. The van der Waals surface area contributed by atoms with Gasteiger partial charge in [0.25, 0.3) is 5.91 Å². The molecule has 19 heavy (non-hydrogen) atoms. The van der Waals surface area contributed by atoms with Crippen LogP contribution in [-0.2, 0) is 4.79 Å². The molecule has 5 nitrogen and oxygen atoms in total. The molecule has 0 radical (unpaired) electrons. The molecule has 1 fully saturated rings. The second-order valence-corrected chi connectivity index (χ2v) is 5.41. The highest BCUT2D eigenvalue weighted by Gasteiger charge is 2.28. The Kier molecular flexibility index (Phi) is 4.55. The van der Waals surface area contributed by atoms with Gasteiger partial charge in [0.2, 0.25) is 5.91 Å². The molecule has 0 spiro atoms. The van der Waals surface area contributed by atoms with Crippen molar-refractivity contribution in [1.82, 2.24) is 10.6 Å². The lowest BCUT2D eigenvalue weighted by Gasteiger charge is -2.31. The van der Waals surface area contributed by atoms with Crippen molar-refractivity contribution in [3.05, 3.63) is 34.3 Å². The second-order valence-electron chi connectivity index (χ2n) is 4.55. The molecule has 2 amide bonds. The van der Waals surface area contributed by atoms with E-state index in [1.807, 2.05) is 6.07 Å². The van der Waals surface area contributed by atoms with Crippen LogP contribution in [0.4, 0.5) is 0 Å². The summed E-state index contributed by atoms with van der Waals surface area (Å²) in [5.74, 6) is -0.534. The smallest absolute Gasteiger partial charge is 0.252 e. The lowest BCUT2D eigenvalue weighted by atomic mass is 9.89. The zero-order valence-electron chi connectivity index (χ0n) is 10.2. The van der Waals surface area contributed by atoms with Crippen LogP contribution in [0.5, 0.6) is 0 Å². The summed E-state index contributed by atoms with van der Waals surface area (Å²) in [6.07, 6.45) is 0.869. The van der Waals surface area contributed by atoms with Gasteiger partial charge in [-0.3, -0.25) is 9.59 Å². The van der Waals surface area contributed by atoms with Crippen molar-refractivity contribution in [3.8, 4) is 0 Å². The van der Waals surface area contributed by atoms with Gasteiger partial charge in [0.05, 0.1) is 18.2 Å². The average molecular weight is 327 g/mol. The Morgan fingerprint density at radius 2 is 2.00 bits per heavy atom. The van der Waals surface area contributed by atoms with Crippen molar-refractivity contribution in [1.29, 1.82) is 0 Å². The van der Waals surface area contributed by atoms with Gasteiger partial charge in [-0.05, 0) is 40.9 Å². The van der Waals surface area contributed by atoms with Crippen molar-refractivity contribution in [2.45, 2.75) is 25.0 Å². The molecule has 1 saturated carbocycles. The maximum atomic E-state index is 11.8. The van der Waals surface area contributed by atoms with E-state index in [1.165, 1.54) is 0 Å². The first kappa shape index (κ1) is 14.0. The van der Waals surface area contributed by atoms with Crippen molar-refractivity contribution < 1.29 is 14.7 Å². The Bertz CT molecular complexity index is 487. The highest BCUT2D eigenvalue weighted by atomic mass is 79.9. The first-order valence-corrected chi connectivity index (χ1v) is 6.85. The summed E-state index contributed by atoms with van der Waals surface area (Å²) < 4.78 is 0.690. The van der Waals surface area contributed by atoms with Gasteiger partial charge in [0.15, 0.2) is 0 Å². The molecule has 0 atom stereocenters. The van der Waals surface area contributed by atoms with Crippen LogP contribution in [0, 0.1) is 0 Å². The zero-order valence-corrected chi connectivity index (χ0v) is 11.8. The van der Waals surface area contributed by atoms with Crippen LogP contribution in [0.25, 0.3) is 0 Å². The predicted octanol–water partition coefficient (Wildman–Crippen LogP) is 0.818. The Labute approximate surface area is 119 Å².